The standard InChI is InChI=1S/C32H34ClFN6O2/c1-7-21-13-14-35-27(18(3)4)29(21)40-31-23(15-24(33)28(36-31)22-11-9-10-12-25(22)34)30(37-32(40)42)39-17-19(5)38(16-20(39)6)26(41)8-2/h8-15,18-20H,2,7,16-17H2,1,3-6H3/t19-,20+/m1/s1. The fraction of sp³-hybridized carbons (Fsp3) is 0.344. The smallest absolute Gasteiger partial charge is 0.349 e. The van der Waals surface area contributed by atoms with Gasteiger partial charge in [0, 0.05) is 36.9 Å². The van der Waals surface area contributed by atoms with Crippen LogP contribution in [0.15, 0.2) is 60.0 Å². The van der Waals surface area contributed by atoms with Crippen molar-refractivity contribution in [1.82, 2.24) is 24.4 Å². The molecule has 0 unspecified atom stereocenters. The number of aryl methyl sites for hydroxylation is 1. The van der Waals surface area contributed by atoms with Crippen LogP contribution in [0, 0.1) is 5.82 Å². The Morgan fingerprint density at radius 2 is 1.90 bits per heavy atom. The highest BCUT2D eigenvalue weighted by atomic mass is 35.5. The summed E-state index contributed by atoms with van der Waals surface area (Å²) in [6.07, 6.45) is 3.71. The predicted octanol–water partition coefficient (Wildman–Crippen LogP) is 5.93. The molecule has 8 nitrogen and oxygen atoms in total. The third-order valence-electron chi connectivity index (χ3n) is 7.83. The molecule has 4 heterocycles. The van der Waals surface area contributed by atoms with Crippen LogP contribution in [0.1, 0.15) is 51.8 Å². The molecule has 4 aromatic rings. The molecule has 1 amide bonds. The molecule has 1 aliphatic rings. The van der Waals surface area contributed by atoms with Crippen molar-refractivity contribution in [2.24, 2.45) is 0 Å². The Kier molecular flexibility index (Phi) is 8.14. The molecule has 5 rings (SSSR count). The highest BCUT2D eigenvalue weighted by molar-refractivity contribution is 6.33. The maximum atomic E-state index is 15.0. The first-order chi connectivity index (χ1) is 20.1. The number of fused-ring (bicyclic) bond motifs is 1. The lowest BCUT2D eigenvalue weighted by atomic mass is 10.0. The van der Waals surface area contributed by atoms with Crippen molar-refractivity contribution in [3.63, 3.8) is 0 Å². The molecule has 0 aliphatic carbocycles. The van der Waals surface area contributed by atoms with Gasteiger partial charge in [-0.25, -0.2) is 18.7 Å². The maximum Gasteiger partial charge on any atom is 0.355 e. The van der Waals surface area contributed by atoms with Crippen molar-refractivity contribution in [2.75, 3.05) is 18.0 Å². The van der Waals surface area contributed by atoms with Crippen molar-refractivity contribution in [1.29, 1.82) is 0 Å². The van der Waals surface area contributed by atoms with Gasteiger partial charge in [-0.15, -0.1) is 0 Å². The summed E-state index contributed by atoms with van der Waals surface area (Å²) in [5, 5.41) is 0.774. The fourth-order valence-electron chi connectivity index (χ4n) is 5.69. The summed E-state index contributed by atoms with van der Waals surface area (Å²) in [6, 6.07) is 9.54. The SMILES string of the molecule is C=CC(=O)N1C[C@H](C)N(c2nc(=O)n(-c3c(CC)ccnc3C(C)C)c3nc(-c4ccccc4F)c(Cl)cc23)C[C@H]1C. The van der Waals surface area contributed by atoms with Crippen LogP contribution in [-0.2, 0) is 11.2 Å². The number of nitrogens with zero attached hydrogens (tertiary/aromatic N) is 6. The number of pyridine rings is 2. The molecule has 0 saturated carbocycles. The summed E-state index contributed by atoms with van der Waals surface area (Å²) in [5.41, 5.74) is 2.50. The molecule has 0 N–H and O–H groups in total. The van der Waals surface area contributed by atoms with Gasteiger partial charge >= 0.3 is 5.69 Å². The quantitative estimate of drug-likeness (QED) is 0.260. The topological polar surface area (TPSA) is 84.2 Å². The van der Waals surface area contributed by atoms with E-state index >= 15 is 4.39 Å². The molecule has 1 aromatic carbocycles. The van der Waals surface area contributed by atoms with E-state index in [-0.39, 0.29) is 40.2 Å². The van der Waals surface area contributed by atoms with Crippen molar-refractivity contribution < 1.29 is 9.18 Å². The van der Waals surface area contributed by atoms with Crippen LogP contribution in [0.25, 0.3) is 28.0 Å². The average Bonchev–Trinajstić information content (AvgIpc) is 2.97. The van der Waals surface area contributed by atoms with E-state index in [2.05, 4.69) is 16.5 Å². The molecular weight excluding hydrogens is 555 g/mol. The van der Waals surface area contributed by atoms with Gasteiger partial charge in [-0.2, -0.15) is 4.98 Å². The summed E-state index contributed by atoms with van der Waals surface area (Å²) in [4.78, 5) is 44.5. The molecule has 0 spiro atoms. The molecule has 2 atom stereocenters. The van der Waals surface area contributed by atoms with Crippen LogP contribution in [0.5, 0.6) is 0 Å². The molecule has 0 radical (unpaired) electrons. The normalized spacial score (nSPS) is 17.2. The first kappa shape index (κ1) is 29.4. The van der Waals surface area contributed by atoms with Gasteiger partial charge in [0.25, 0.3) is 0 Å². The van der Waals surface area contributed by atoms with Gasteiger partial charge in [0.15, 0.2) is 5.65 Å². The molecular formula is C32H34ClFN6O2. The Bertz CT molecular complexity index is 1750. The van der Waals surface area contributed by atoms with E-state index in [0.717, 1.165) is 11.3 Å². The Labute approximate surface area is 249 Å². The number of piperazine rings is 1. The second-order valence-electron chi connectivity index (χ2n) is 11.0. The zero-order chi connectivity index (χ0) is 30.3. The van der Waals surface area contributed by atoms with Gasteiger partial charge < -0.3 is 9.80 Å². The summed E-state index contributed by atoms with van der Waals surface area (Å²) in [6.45, 7) is 14.5. The second kappa shape index (κ2) is 11.6. The first-order valence-electron chi connectivity index (χ1n) is 14.1. The van der Waals surface area contributed by atoms with E-state index in [9.17, 15) is 9.59 Å². The number of aromatic nitrogens is 4. The third kappa shape index (κ3) is 5.06. The van der Waals surface area contributed by atoms with Crippen LogP contribution in [0.3, 0.4) is 0 Å². The zero-order valence-electron chi connectivity index (χ0n) is 24.4. The Morgan fingerprint density at radius 3 is 2.57 bits per heavy atom. The summed E-state index contributed by atoms with van der Waals surface area (Å²) >= 11 is 6.81. The summed E-state index contributed by atoms with van der Waals surface area (Å²) in [5.74, 6) is -0.202. The van der Waals surface area contributed by atoms with Gasteiger partial charge in [-0.3, -0.25) is 9.78 Å². The van der Waals surface area contributed by atoms with Crippen LogP contribution >= 0.6 is 11.6 Å². The highest BCUT2D eigenvalue weighted by Crippen LogP contribution is 2.36. The highest BCUT2D eigenvalue weighted by Gasteiger charge is 2.34. The van der Waals surface area contributed by atoms with Gasteiger partial charge in [0.05, 0.1) is 27.5 Å². The molecule has 1 aliphatic heterocycles. The maximum absolute atomic E-state index is 15.0. The number of amides is 1. The molecule has 218 valence electrons. The number of halogens is 2. The minimum absolute atomic E-state index is 0.00260. The molecule has 0 bridgehead atoms. The van der Waals surface area contributed by atoms with Crippen LogP contribution in [0.4, 0.5) is 10.2 Å². The van der Waals surface area contributed by atoms with Gasteiger partial charge in [0.2, 0.25) is 5.91 Å². The van der Waals surface area contributed by atoms with Crippen LogP contribution < -0.4 is 10.6 Å². The van der Waals surface area contributed by atoms with Gasteiger partial charge in [-0.05, 0) is 62.1 Å². The van der Waals surface area contributed by atoms with Crippen molar-refractivity contribution in [3.8, 4) is 16.9 Å². The Morgan fingerprint density at radius 1 is 1.17 bits per heavy atom. The molecule has 1 fully saturated rings. The summed E-state index contributed by atoms with van der Waals surface area (Å²) < 4.78 is 16.5. The average molecular weight is 589 g/mol. The number of carbonyl (C=O) groups is 1. The number of hydrogen-bond acceptors (Lipinski definition) is 6. The van der Waals surface area contributed by atoms with Crippen molar-refractivity contribution >= 4 is 34.4 Å². The lowest BCUT2D eigenvalue weighted by Gasteiger charge is -2.44. The largest absolute Gasteiger partial charge is 0.355 e. The van der Waals surface area contributed by atoms with Crippen molar-refractivity contribution in [3.05, 3.63) is 87.8 Å². The van der Waals surface area contributed by atoms with Gasteiger partial charge in [0.1, 0.15) is 11.6 Å². The van der Waals surface area contributed by atoms with E-state index < -0.39 is 11.5 Å². The molecule has 10 heteroatoms. The minimum atomic E-state index is -0.527. The second-order valence-corrected chi connectivity index (χ2v) is 11.4. The van der Waals surface area contributed by atoms with E-state index in [1.807, 2.05) is 45.6 Å². The van der Waals surface area contributed by atoms with E-state index in [1.165, 1.54) is 16.7 Å². The number of anilines is 1. The van der Waals surface area contributed by atoms with E-state index in [4.69, 9.17) is 16.6 Å². The lowest BCUT2D eigenvalue weighted by molar-refractivity contribution is -0.128. The predicted molar refractivity (Wildman–Crippen MR) is 165 cm³/mol. The monoisotopic (exact) mass is 588 g/mol. The molecule has 42 heavy (non-hydrogen) atoms. The van der Waals surface area contributed by atoms with Crippen LogP contribution in [0.2, 0.25) is 5.02 Å². The lowest BCUT2D eigenvalue weighted by Crippen LogP contribution is -2.58. The number of carbonyl (C=O) groups excluding carboxylic acids is 1. The fourth-order valence-corrected chi connectivity index (χ4v) is 5.95. The molecule has 3 aromatic heterocycles. The van der Waals surface area contributed by atoms with Crippen LogP contribution in [-0.4, -0.2) is 55.5 Å². The Balaban J connectivity index is 1.84. The first-order valence-corrected chi connectivity index (χ1v) is 14.5. The minimum Gasteiger partial charge on any atom is -0.349 e. The number of benzene rings is 1. The Hall–Kier alpha value is -4.11. The van der Waals surface area contributed by atoms with E-state index in [1.54, 1.807) is 35.4 Å². The van der Waals surface area contributed by atoms with Gasteiger partial charge in [-0.1, -0.05) is 51.1 Å². The van der Waals surface area contributed by atoms with E-state index in [0.29, 0.717) is 42.0 Å². The van der Waals surface area contributed by atoms with Crippen molar-refractivity contribution in [2.45, 2.75) is 59.0 Å². The molecule has 1 saturated heterocycles. The zero-order valence-corrected chi connectivity index (χ0v) is 25.2. The summed E-state index contributed by atoms with van der Waals surface area (Å²) in [7, 11) is 0. The number of hydrogen-bond donors (Lipinski definition) is 0. The number of rotatable bonds is 6. The third-order valence-corrected chi connectivity index (χ3v) is 8.12.